The summed E-state index contributed by atoms with van der Waals surface area (Å²) in [6.45, 7) is 2.67. The summed E-state index contributed by atoms with van der Waals surface area (Å²) in [7, 11) is 0. The number of nitrogens with one attached hydrogen (secondary N) is 1. The van der Waals surface area contributed by atoms with Gasteiger partial charge in [0, 0.05) is 0 Å². The highest BCUT2D eigenvalue weighted by atomic mass is 35.5. The Kier molecular flexibility index (Phi) is 7.79. The highest BCUT2D eigenvalue weighted by molar-refractivity contribution is 6.32. The zero-order chi connectivity index (χ0) is 17.9. The number of carbonyl (C=O) groups is 1. The molecule has 132 valence electrons. The third-order valence-electron chi connectivity index (χ3n) is 3.25. The van der Waals surface area contributed by atoms with Gasteiger partial charge in [0.1, 0.15) is 11.5 Å². The van der Waals surface area contributed by atoms with Gasteiger partial charge in [0.25, 0.3) is 5.91 Å². The molecule has 0 spiro atoms. The SMILES string of the molecule is CCCCOc1ccc(/C=N/NC(=O)COc2ccccc2Cl)cc1. The molecule has 0 atom stereocenters. The Morgan fingerprint density at radius 3 is 2.64 bits per heavy atom. The second kappa shape index (κ2) is 10.4. The average Bonchev–Trinajstić information content (AvgIpc) is 2.62. The van der Waals surface area contributed by atoms with Crippen molar-refractivity contribution in [3.8, 4) is 11.5 Å². The van der Waals surface area contributed by atoms with E-state index in [1.807, 2.05) is 24.3 Å². The van der Waals surface area contributed by atoms with Crippen LogP contribution in [0.1, 0.15) is 25.3 Å². The van der Waals surface area contributed by atoms with Gasteiger partial charge in [0.05, 0.1) is 17.8 Å². The van der Waals surface area contributed by atoms with Crippen LogP contribution >= 0.6 is 11.6 Å². The highest BCUT2D eigenvalue weighted by Gasteiger charge is 2.04. The maximum absolute atomic E-state index is 11.7. The van der Waals surface area contributed by atoms with E-state index in [2.05, 4.69) is 17.5 Å². The first kappa shape index (κ1) is 18.8. The van der Waals surface area contributed by atoms with E-state index in [4.69, 9.17) is 21.1 Å². The van der Waals surface area contributed by atoms with Gasteiger partial charge in [-0.15, -0.1) is 0 Å². The van der Waals surface area contributed by atoms with Gasteiger partial charge < -0.3 is 9.47 Å². The second-order valence-electron chi connectivity index (χ2n) is 5.28. The van der Waals surface area contributed by atoms with Gasteiger partial charge in [-0.1, -0.05) is 37.1 Å². The van der Waals surface area contributed by atoms with Crippen LogP contribution in [0.25, 0.3) is 0 Å². The number of carbonyl (C=O) groups excluding carboxylic acids is 1. The summed E-state index contributed by atoms with van der Waals surface area (Å²) in [5.74, 6) is 0.917. The highest BCUT2D eigenvalue weighted by Crippen LogP contribution is 2.22. The summed E-state index contributed by atoms with van der Waals surface area (Å²) in [6, 6.07) is 14.5. The van der Waals surface area contributed by atoms with Crippen LogP contribution in [-0.2, 0) is 4.79 Å². The normalized spacial score (nSPS) is 10.6. The van der Waals surface area contributed by atoms with Crippen LogP contribution in [0.15, 0.2) is 53.6 Å². The quantitative estimate of drug-likeness (QED) is 0.417. The molecule has 6 heteroatoms. The molecule has 2 aromatic carbocycles. The van der Waals surface area contributed by atoms with Crippen LogP contribution < -0.4 is 14.9 Å². The first-order chi connectivity index (χ1) is 12.2. The smallest absolute Gasteiger partial charge is 0.277 e. The van der Waals surface area contributed by atoms with Gasteiger partial charge in [0.15, 0.2) is 6.61 Å². The molecule has 5 nitrogen and oxygen atoms in total. The molecule has 0 radical (unpaired) electrons. The molecular formula is C19H21ClN2O3. The van der Waals surface area contributed by atoms with Crippen LogP contribution in [0.5, 0.6) is 11.5 Å². The van der Waals surface area contributed by atoms with E-state index in [0.717, 1.165) is 24.2 Å². The zero-order valence-electron chi connectivity index (χ0n) is 14.1. The van der Waals surface area contributed by atoms with Gasteiger partial charge in [-0.2, -0.15) is 5.10 Å². The van der Waals surface area contributed by atoms with Crippen LogP contribution in [0.2, 0.25) is 5.02 Å². The summed E-state index contributed by atoms with van der Waals surface area (Å²) in [5.41, 5.74) is 3.27. The lowest BCUT2D eigenvalue weighted by molar-refractivity contribution is -0.123. The lowest BCUT2D eigenvalue weighted by atomic mass is 10.2. The molecular weight excluding hydrogens is 340 g/mol. The second-order valence-corrected chi connectivity index (χ2v) is 5.69. The van der Waals surface area contributed by atoms with E-state index < -0.39 is 0 Å². The van der Waals surface area contributed by atoms with Crippen molar-refractivity contribution >= 4 is 23.7 Å². The van der Waals surface area contributed by atoms with Crippen molar-refractivity contribution in [2.75, 3.05) is 13.2 Å². The molecule has 0 fully saturated rings. The maximum Gasteiger partial charge on any atom is 0.277 e. The maximum atomic E-state index is 11.7. The predicted octanol–water partition coefficient (Wildman–Crippen LogP) is 4.05. The van der Waals surface area contributed by atoms with E-state index >= 15 is 0 Å². The van der Waals surface area contributed by atoms with Gasteiger partial charge in [-0.05, 0) is 48.4 Å². The van der Waals surface area contributed by atoms with Crippen LogP contribution in [-0.4, -0.2) is 25.3 Å². The van der Waals surface area contributed by atoms with Crippen molar-refractivity contribution in [2.24, 2.45) is 5.10 Å². The number of ether oxygens (including phenoxy) is 2. The number of hydrazone groups is 1. The first-order valence-electron chi connectivity index (χ1n) is 8.11. The number of hydrogen-bond donors (Lipinski definition) is 1. The lowest BCUT2D eigenvalue weighted by Crippen LogP contribution is -2.24. The summed E-state index contributed by atoms with van der Waals surface area (Å²) in [6.07, 6.45) is 3.69. The summed E-state index contributed by atoms with van der Waals surface area (Å²) < 4.78 is 10.9. The number of rotatable bonds is 9. The standard InChI is InChI=1S/C19H21ClN2O3/c1-2-3-12-24-16-10-8-15(9-11-16)13-21-22-19(23)14-25-18-7-5-4-6-17(18)20/h4-11,13H,2-3,12,14H2,1H3,(H,22,23)/b21-13+. The number of amides is 1. The number of nitrogens with zero attached hydrogens (tertiary/aromatic N) is 1. The van der Waals surface area contributed by atoms with Gasteiger partial charge in [0.2, 0.25) is 0 Å². The van der Waals surface area contributed by atoms with Gasteiger partial charge in [-0.25, -0.2) is 5.43 Å². The Labute approximate surface area is 152 Å². The average molecular weight is 361 g/mol. The van der Waals surface area contributed by atoms with E-state index in [-0.39, 0.29) is 12.5 Å². The van der Waals surface area contributed by atoms with Gasteiger partial charge >= 0.3 is 0 Å². The summed E-state index contributed by atoms with van der Waals surface area (Å²) in [5, 5.41) is 4.36. The monoisotopic (exact) mass is 360 g/mol. The molecule has 0 aliphatic heterocycles. The van der Waals surface area contributed by atoms with Crippen molar-refractivity contribution in [3.05, 3.63) is 59.1 Å². The Morgan fingerprint density at radius 2 is 1.92 bits per heavy atom. The Morgan fingerprint density at radius 1 is 1.16 bits per heavy atom. The Hall–Kier alpha value is -2.53. The fourth-order valence-electron chi connectivity index (χ4n) is 1.90. The largest absolute Gasteiger partial charge is 0.494 e. The molecule has 25 heavy (non-hydrogen) atoms. The summed E-state index contributed by atoms with van der Waals surface area (Å²) >= 11 is 5.95. The van der Waals surface area contributed by atoms with Crippen molar-refractivity contribution in [2.45, 2.75) is 19.8 Å². The number of halogens is 1. The molecule has 0 unspecified atom stereocenters. The van der Waals surface area contributed by atoms with Crippen LogP contribution in [0.3, 0.4) is 0 Å². The van der Waals surface area contributed by atoms with E-state index in [0.29, 0.717) is 17.4 Å². The molecule has 0 saturated heterocycles. The van der Waals surface area contributed by atoms with Crippen LogP contribution in [0, 0.1) is 0 Å². The fraction of sp³-hybridized carbons (Fsp3) is 0.263. The molecule has 0 aliphatic rings. The molecule has 0 bridgehead atoms. The molecule has 2 rings (SSSR count). The first-order valence-corrected chi connectivity index (χ1v) is 8.49. The molecule has 0 aromatic heterocycles. The van der Waals surface area contributed by atoms with Crippen LogP contribution in [0.4, 0.5) is 0 Å². The molecule has 0 aliphatic carbocycles. The lowest BCUT2D eigenvalue weighted by Gasteiger charge is -2.06. The molecule has 0 saturated carbocycles. The predicted molar refractivity (Wildman–Crippen MR) is 99.5 cm³/mol. The minimum absolute atomic E-state index is 0.161. The van der Waals surface area contributed by atoms with Crippen molar-refractivity contribution in [1.29, 1.82) is 0 Å². The third-order valence-corrected chi connectivity index (χ3v) is 3.56. The van der Waals surface area contributed by atoms with E-state index in [1.54, 1.807) is 30.5 Å². The number of para-hydroxylation sites is 1. The fourth-order valence-corrected chi connectivity index (χ4v) is 2.09. The number of benzene rings is 2. The minimum Gasteiger partial charge on any atom is -0.494 e. The molecule has 1 N–H and O–H groups in total. The zero-order valence-corrected chi connectivity index (χ0v) is 14.8. The van der Waals surface area contributed by atoms with E-state index in [1.165, 1.54) is 0 Å². The topological polar surface area (TPSA) is 59.9 Å². The minimum atomic E-state index is -0.365. The number of unbranched alkanes of at least 4 members (excludes halogenated alkanes) is 1. The molecule has 0 heterocycles. The Balaban J connectivity index is 1.74. The summed E-state index contributed by atoms with van der Waals surface area (Å²) in [4.78, 5) is 11.7. The van der Waals surface area contributed by atoms with Crippen molar-refractivity contribution in [3.63, 3.8) is 0 Å². The molecule has 2 aromatic rings. The third kappa shape index (κ3) is 6.85. The van der Waals surface area contributed by atoms with E-state index in [9.17, 15) is 4.79 Å². The number of hydrogen-bond acceptors (Lipinski definition) is 4. The van der Waals surface area contributed by atoms with Gasteiger partial charge in [-0.3, -0.25) is 4.79 Å². The molecule has 1 amide bonds. The van der Waals surface area contributed by atoms with Crippen molar-refractivity contribution in [1.82, 2.24) is 5.43 Å². The van der Waals surface area contributed by atoms with Crippen molar-refractivity contribution < 1.29 is 14.3 Å². The Bertz CT molecular complexity index is 702.